The van der Waals surface area contributed by atoms with E-state index in [1.54, 1.807) is 14.1 Å². The van der Waals surface area contributed by atoms with Gasteiger partial charge in [0.05, 0.1) is 5.69 Å². The fourth-order valence-electron chi connectivity index (χ4n) is 2.37. The van der Waals surface area contributed by atoms with E-state index in [4.69, 9.17) is 0 Å². The lowest BCUT2D eigenvalue weighted by Crippen LogP contribution is -2.25. The molecular weight excluding hydrogens is 238 g/mol. The van der Waals surface area contributed by atoms with E-state index in [9.17, 15) is 8.42 Å². The molecule has 96 valence electrons. The van der Waals surface area contributed by atoms with Crippen molar-refractivity contribution in [3.63, 3.8) is 0 Å². The summed E-state index contributed by atoms with van der Waals surface area (Å²) < 4.78 is 27.7. The molecular formula is C11H19N3O2S. The van der Waals surface area contributed by atoms with Crippen LogP contribution in [0, 0.1) is 6.92 Å². The first kappa shape index (κ1) is 12.6. The molecule has 17 heavy (non-hydrogen) atoms. The second-order valence-corrected chi connectivity index (χ2v) is 6.90. The zero-order valence-corrected chi connectivity index (χ0v) is 11.6. The van der Waals surface area contributed by atoms with E-state index in [0.29, 0.717) is 0 Å². The largest absolute Gasteiger partial charge is 0.331 e. The van der Waals surface area contributed by atoms with Crippen LogP contribution < -0.4 is 0 Å². The van der Waals surface area contributed by atoms with E-state index in [0.717, 1.165) is 30.9 Å². The van der Waals surface area contributed by atoms with E-state index in [1.165, 1.54) is 4.31 Å². The van der Waals surface area contributed by atoms with Crippen LogP contribution in [0.3, 0.4) is 0 Å². The number of nitrogens with zero attached hydrogens (tertiary/aromatic N) is 3. The van der Waals surface area contributed by atoms with Crippen molar-refractivity contribution in [3.05, 3.63) is 11.5 Å². The van der Waals surface area contributed by atoms with Crippen molar-refractivity contribution >= 4 is 10.0 Å². The van der Waals surface area contributed by atoms with Crippen molar-refractivity contribution in [2.24, 2.45) is 0 Å². The standard InChI is InChI=1S/C11H19N3O2S/c1-8-6-5-7-14-9(2)12-11(10(8)14)17(15,16)13(3)4/h8H,5-7H2,1-4H3. The van der Waals surface area contributed by atoms with Crippen LogP contribution in [-0.4, -0.2) is 36.4 Å². The Kier molecular flexibility index (Phi) is 3.03. The molecule has 2 heterocycles. The van der Waals surface area contributed by atoms with Gasteiger partial charge in [-0.2, -0.15) is 0 Å². The van der Waals surface area contributed by atoms with E-state index in [2.05, 4.69) is 11.9 Å². The molecule has 0 amide bonds. The Bertz CT molecular complexity index is 531. The lowest BCUT2D eigenvalue weighted by Gasteiger charge is -2.23. The van der Waals surface area contributed by atoms with E-state index < -0.39 is 10.0 Å². The average Bonchev–Trinajstić information content (AvgIpc) is 2.58. The summed E-state index contributed by atoms with van der Waals surface area (Å²) in [6, 6.07) is 0. The maximum Gasteiger partial charge on any atom is 0.261 e. The maximum atomic E-state index is 12.2. The maximum absolute atomic E-state index is 12.2. The highest BCUT2D eigenvalue weighted by atomic mass is 32.2. The Balaban J connectivity index is 2.65. The van der Waals surface area contributed by atoms with Crippen LogP contribution in [0.5, 0.6) is 0 Å². The lowest BCUT2D eigenvalue weighted by molar-refractivity contribution is 0.457. The van der Waals surface area contributed by atoms with Gasteiger partial charge in [-0.1, -0.05) is 6.92 Å². The molecule has 1 aliphatic rings. The molecule has 0 fully saturated rings. The van der Waals surface area contributed by atoms with E-state index >= 15 is 0 Å². The summed E-state index contributed by atoms with van der Waals surface area (Å²) in [6.07, 6.45) is 2.12. The zero-order valence-electron chi connectivity index (χ0n) is 10.8. The number of hydrogen-bond acceptors (Lipinski definition) is 3. The molecule has 1 aromatic heterocycles. The summed E-state index contributed by atoms with van der Waals surface area (Å²) >= 11 is 0. The summed E-state index contributed by atoms with van der Waals surface area (Å²) in [5.74, 6) is 1.06. The molecule has 1 aliphatic heterocycles. The summed E-state index contributed by atoms with van der Waals surface area (Å²) in [6.45, 7) is 4.82. The Labute approximate surface area is 103 Å². The molecule has 0 saturated carbocycles. The molecule has 0 aromatic carbocycles. The van der Waals surface area contributed by atoms with Crippen LogP contribution in [0.1, 0.15) is 37.2 Å². The average molecular weight is 257 g/mol. The molecule has 6 heteroatoms. The highest BCUT2D eigenvalue weighted by molar-refractivity contribution is 7.89. The molecule has 0 spiro atoms. The van der Waals surface area contributed by atoms with Gasteiger partial charge in [-0.15, -0.1) is 0 Å². The number of aryl methyl sites for hydroxylation is 1. The van der Waals surface area contributed by atoms with Crippen LogP contribution >= 0.6 is 0 Å². The zero-order chi connectivity index (χ0) is 12.8. The fraction of sp³-hybridized carbons (Fsp3) is 0.727. The molecule has 0 saturated heterocycles. The third-order valence-electron chi connectivity index (χ3n) is 3.37. The molecule has 2 rings (SSSR count). The first-order valence-corrected chi connectivity index (χ1v) is 7.29. The predicted molar refractivity (Wildman–Crippen MR) is 65.5 cm³/mol. The number of aromatic nitrogens is 2. The first-order valence-electron chi connectivity index (χ1n) is 5.85. The van der Waals surface area contributed by atoms with Crippen LogP contribution in [-0.2, 0) is 16.6 Å². The Morgan fingerprint density at radius 1 is 1.41 bits per heavy atom. The normalized spacial score (nSPS) is 20.6. The SMILES string of the molecule is Cc1nc(S(=O)(=O)N(C)C)c2n1CCCC2C. The smallest absolute Gasteiger partial charge is 0.261 e. The Morgan fingerprint density at radius 3 is 2.65 bits per heavy atom. The van der Waals surface area contributed by atoms with Gasteiger partial charge >= 0.3 is 0 Å². The second kappa shape index (κ2) is 4.10. The molecule has 0 radical (unpaired) electrons. The van der Waals surface area contributed by atoms with Gasteiger partial charge in [0, 0.05) is 20.6 Å². The monoisotopic (exact) mass is 257 g/mol. The van der Waals surface area contributed by atoms with Gasteiger partial charge in [0.1, 0.15) is 5.82 Å². The van der Waals surface area contributed by atoms with Crippen molar-refractivity contribution in [1.29, 1.82) is 0 Å². The van der Waals surface area contributed by atoms with Crippen LogP contribution in [0.4, 0.5) is 0 Å². The van der Waals surface area contributed by atoms with Crippen LogP contribution in [0.2, 0.25) is 0 Å². The van der Waals surface area contributed by atoms with Crippen LogP contribution in [0.25, 0.3) is 0 Å². The minimum atomic E-state index is -3.43. The topological polar surface area (TPSA) is 55.2 Å². The van der Waals surface area contributed by atoms with Gasteiger partial charge in [-0.25, -0.2) is 17.7 Å². The second-order valence-electron chi connectivity index (χ2n) is 4.83. The van der Waals surface area contributed by atoms with Crippen molar-refractivity contribution in [2.45, 2.75) is 44.2 Å². The highest BCUT2D eigenvalue weighted by Crippen LogP contribution is 2.33. The third kappa shape index (κ3) is 1.89. The van der Waals surface area contributed by atoms with E-state index in [1.807, 2.05) is 11.5 Å². The number of rotatable bonds is 2. The molecule has 1 unspecified atom stereocenters. The lowest BCUT2D eigenvalue weighted by atomic mass is 9.99. The number of imidazole rings is 1. The quantitative estimate of drug-likeness (QED) is 0.803. The Morgan fingerprint density at radius 2 is 2.06 bits per heavy atom. The Hall–Kier alpha value is -0.880. The first-order chi connectivity index (χ1) is 7.85. The van der Waals surface area contributed by atoms with Crippen molar-refractivity contribution in [3.8, 4) is 0 Å². The third-order valence-corrected chi connectivity index (χ3v) is 5.13. The van der Waals surface area contributed by atoms with Crippen LogP contribution in [0.15, 0.2) is 5.03 Å². The predicted octanol–water partition coefficient (Wildman–Crippen LogP) is 1.34. The van der Waals surface area contributed by atoms with E-state index in [-0.39, 0.29) is 10.9 Å². The minimum absolute atomic E-state index is 0.243. The van der Waals surface area contributed by atoms with Gasteiger partial charge in [0.25, 0.3) is 10.0 Å². The van der Waals surface area contributed by atoms with Crippen molar-refractivity contribution < 1.29 is 8.42 Å². The molecule has 1 atom stereocenters. The van der Waals surface area contributed by atoms with Gasteiger partial charge in [-0.3, -0.25) is 0 Å². The molecule has 0 aliphatic carbocycles. The highest BCUT2D eigenvalue weighted by Gasteiger charge is 2.32. The van der Waals surface area contributed by atoms with Gasteiger partial charge in [-0.05, 0) is 25.7 Å². The summed E-state index contributed by atoms with van der Waals surface area (Å²) in [5.41, 5.74) is 0.877. The minimum Gasteiger partial charge on any atom is -0.331 e. The van der Waals surface area contributed by atoms with Gasteiger partial charge in [0.15, 0.2) is 5.03 Å². The summed E-state index contributed by atoms with van der Waals surface area (Å²) in [4.78, 5) is 4.27. The summed E-state index contributed by atoms with van der Waals surface area (Å²) in [5, 5.41) is 0.243. The van der Waals surface area contributed by atoms with Crippen molar-refractivity contribution in [2.75, 3.05) is 14.1 Å². The van der Waals surface area contributed by atoms with Crippen molar-refractivity contribution in [1.82, 2.24) is 13.9 Å². The fourth-order valence-corrected chi connectivity index (χ4v) is 3.54. The molecule has 1 aromatic rings. The molecule has 5 nitrogen and oxygen atoms in total. The molecule has 0 bridgehead atoms. The molecule has 0 N–H and O–H groups in total. The summed E-state index contributed by atoms with van der Waals surface area (Å²) in [7, 11) is -0.338. The number of hydrogen-bond donors (Lipinski definition) is 0. The van der Waals surface area contributed by atoms with Gasteiger partial charge < -0.3 is 4.57 Å². The van der Waals surface area contributed by atoms with Gasteiger partial charge in [0.2, 0.25) is 0 Å². The number of fused-ring (bicyclic) bond motifs is 1. The number of sulfonamides is 1.